The Morgan fingerprint density at radius 1 is 1.21 bits per heavy atom. The first-order chi connectivity index (χ1) is 9.22. The summed E-state index contributed by atoms with van der Waals surface area (Å²) in [6.07, 6.45) is 7.87. The average molecular weight is 259 g/mol. The van der Waals surface area contributed by atoms with Crippen LogP contribution in [0, 0.1) is 0 Å². The Hall–Kier alpha value is -1.91. The number of pyridine rings is 1. The van der Waals surface area contributed by atoms with Crippen molar-refractivity contribution in [3.8, 4) is 0 Å². The third-order valence-electron chi connectivity index (χ3n) is 4.21. The number of hydrogen-bond acceptors (Lipinski definition) is 3. The molecule has 1 N–H and O–H groups in total. The summed E-state index contributed by atoms with van der Waals surface area (Å²) in [6.45, 7) is 0.585. The summed E-state index contributed by atoms with van der Waals surface area (Å²) in [5.74, 6) is -0.107. The number of carbonyl (C=O) groups is 2. The van der Waals surface area contributed by atoms with Crippen molar-refractivity contribution in [3.63, 3.8) is 0 Å². The van der Waals surface area contributed by atoms with Crippen molar-refractivity contribution in [2.75, 3.05) is 6.54 Å². The molecule has 1 saturated heterocycles. The fourth-order valence-corrected chi connectivity index (χ4v) is 3.16. The Morgan fingerprint density at radius 3 is 2.58 bits per heavy atom. The molecule has 1 saturated carbocycles. The summed E-state index contributed by atoms with van der Waals surface area (Å²) in [5.41, 5.74) is 0.569. The van der Waals surface area contributed by atoms with Crippen LogP contribution in [0.5, 0.6) is 0 Å². The molecule has 0 bridgehead atoms. The van der Waals surface area contributed by atoms with Gasteiger partial charge in [-0.3, -0.25) is 15.1 Å². The molecule has 2 fully saturated rings. The van der Waals surface area contributed by atoms with Crippen molar-refractivity contribution in [1.29, 1.82) is 0 Å². The zero-order chi connectivity index (χ0) is 13.3. The lowest BCUT2D eigenvalue weighted by atomic mass is 9.95. The number of nitrogens with zero attached hydrogens (tertiary/aromatic N) is 2. The fourth-order valence-electron chi connectivity index (χ4n) is 3.16. The van der Waals surface area contributed by atoms with Crippen LogP contribution in [0.15, 0.2) is 24.5 Å². The lowest BCUT2D eigenvalue weighted by Gasteiger charge is -2.31. The number of urea groups is 1. The van der Waals surface area contributed by atoms with Crippen LogP contribution in [0.1, 0.15) is 31.2 Å². The van der Waals surface area contributed by atoms with Crippen LogP contribution in [0.3, 0.4) is 0 Å². The van der Waals surface area contributed by atoms with Crippen molar-refractivity contribution in [1.82, 2.24) is 15.2 Å². The molecule has 100 valence electrons. The van der Waals surface area contributed by atoms with E-state index in [1.165, 1.54) is 0 Å². The van der Waals surface area contributed by atoms with Gasteiger partial charge in [-0.15, -0.1) is 0 Å². The minimum Gasteiger partial charge on any atom is -0.309 e. The van der Waals surface area contributed by atoms with Gasteiger partial charge in [-0.25, -0.2) is 4.79 Å². The molecule has 3 rings (SSSR count). The second kappa shape index (κ2) is 4.64. The zero-order valence-corrected chi connectivity index (χ0v) is 10.8. The summed E-state index contributed by atoms with van der Waals surface area (Å²) in [5, 5.41) is 2.47. The van der Waals surface area contributed by atoms with Crippen molar-refractivity contribution in [2.24, 2.45) is 0 Å². The second-order valence-corrected chi connectivity index (χ2v) is 5.26. The fraction of sp³-hybridized carbons (Fsp3) is 0.500. The van der Waals surface area contributed by atoms with E-state index < -0.39 is 5.54 Å². The molecule has 0 atom stereocenters. The molecule has 0 radical (unpaired) electrons. The van der Waals surface area contributed by atoms with E-state index in [4.69, 9.17) is 0 Å². The SMILES string of the molecule is O=C1NC(=O)C2(CCCC2)N1CCc1ccncc1. The van der Waals surface area contributed by atoms with Gasteiger partial charge < -0.3 is 4.90 Å². The Balaban J connectivity index is 1.75. The van der Waals surface area contributed by atoms with Crippen molar-refractivity contribution in [3.05, 3.63) is 30.1 Å². The molecule has 2 aliphatic rings. The Bertz CT molecular complexity index is 495. The van der Waals surface area contributed by atoms with E-state index in [2.05, 4.69) is 10.3 Å². The Kier molecular flexibility index (Phi) is 2.97. The number of hydrogen-bond donors (Lipinski definition) is 1. The van der Waals surface area contributed by atoms with E-state index in [0.717, 1.165) is 37.7 Å². The van der Waals surface area contributed by atoms with Gasteiger partial charge in [0.15, 0.2) is 0 Å². The molecular formula is C14H17N3O2. The summed E-state index contributed by atoms with van der Waals surface area (Å²) < 4.78 is 0. The predicted molar refractivity (Wildman–Crippen MR) is 69.4 cm³/mol. The van der Waals surface area contributed by atoms with Gasteiger partial charge in [0.25, 0.3) is 5.91 Å². The molecule has 3 amide bonds. The molecular weight excluding hydrogens is 242 g/mol. The maximum Gasteiger partial charge on any atom is 0.325 e. The van der Waals surface area contributed by atoms with Crippen LogP contribution >= 0.6 is 0 Å². The lowest BCUT2D eigenvalue weighted by molar-refractivity contribution is -0.126. The normalized spacial score (nSPS) is 21.2. The van der Waals surface area contributed by atoms with Gasteiger partial charge in [-0.2, -0.15) is 0 Å². The highest BCUT2D eigenvalue weighted by atomic mass is 16.2. The van der Waals surface area contributed by atoms with E-state index in [1.807, 2.05) is 12.1 Å². The quantitative estimate of drug-likeness (QED) is 0.836. The molecule has 1 aliphatic heterocycles. The van der Waals surface area contributed by atoms with Crippen molar-refractivity contribution in [2.45, 2.75) is 37.6 Å². The van der Waals surface area contributed by atoms with Crippen molar-refractivity contribution >= 4 is 11.9 Å². The lowest BCUT2D eigenvalue weighted by Crippen LogP contribution is -2.48. The summed E-state index contributed by atoms with van der Waals surface area (Å²) in [6, 6.07) is 3.65. The van der Waals surface area contributed by atoms with Gasteiger partial charge in [-0.05, 0) is 37.0 Å². The molecule has 19 heavy (non-hydrogen) atoms. The van der Waals surface area contributed by atoms with Crippen LogP contribution in [0.25, 0.3) is 0 Å². The summed E-state index contributed by atoms with van der Waals surface area (Å²) >= 11 is 0. The second-order valence-electron chi connectivity index (χ2n) is 5.26. The number of nitrogens with one attached hydrogen (secondary N) is 1. The maximum atomic E-state index is 12.0. The first-order valence-corrected chi connectivity index (χ1v) is 6.74. The minimum absolute atomic E-state index is 0.107. The molecule has 5 nitrogen and oxygen atoms in total. The van der Waals surface area contributed by atoms with E-state index in [1.54, 1.807) is 17.3 Å². The van der Waals surface area contributed by atoms with Crippen molar-refractivity contribution < 1.29 is 9.59 Å². The predicted octanol–water partition coefficient (Wildman–Crippen LogP) is 1.49. The highest BCUT2D eigenvalue weighted by Crippen LogP contribution is 2.38. The van der Waals surface area contributed by atoms with E-state index in [0.29, 0.717) is 6.54 Å². The summed E-state index contributed by atoms with van der Waals surface area (Å²) in [7, 11) is 0. The highest BCUT2D eigenvalue weighted by Gasteiger charge is 2.53. The van der Waals surface area contributed by atoms with Gasteiger partial charge in [0, 0.05) is 18.9 Å². The smallest absolute Gasteiger partial charge is 0.309 e. The Labute approximate surface area is 112 Å². The molecule has 1 aromatic heterocycles. The first kappa shape index (κ1) is 12.1. The molecule has 2 heterocycles. The van der Waals surface area contributed by atoms with Gasteiger partial charge >= 0.3 is 6.03 Å². The number of amides is 3. The molecule has 1 spiro atoms. The van der Waals surface area contributed by atoms with Crippen LogP contribution < -0.4 is 5.32 Å². The third kappa shape index (κ3) is 1.99. The molecule has 1 aromatic rings. The standard InChI is InChI=1S/C14H17N3O2/c18-12-14(6-1-2-7-14)17(13(19)16-12)10-5-11-3-8-15-9-4-11/h3-4,8-9H,1-2,5-7,10H2,(H,16,18,19). The third-order valence-corrected chi connectivity index (χ3v) is 4.21. The van der Waals surface area contributed by atoms with E-state index >= 15 is 0 Å². The van der Waals surface area contributed by atoms with Crippen LogP contribution in [-0.2, 0) is 11.2 Å². The largest absolute Gasteiger partial charge is 0.325 e. The Morgan fingerprint density at radius 2 is 1.89 bits per heavy atom. The molecule has 1 aliphatic carbocycles. The molecule has 5 heteroatoms. The zero-order valence-electron chi connectivity index (χ0n) is 10.8. The monoisotopic (exact) mass is 259 g/mol. The topological polar surface area (TPSA) is 62.3 Å². The van der Waals surface area contributed by atoms with E-state index in [-0.39, 0.29) is 11.9 Å². The highest BCUT2D eigenvalue weighted by molar-refractivity contribution is 6.07. The van der Waals surface area contributed by atoms with Gasteiger partial charge in [0.05, 0.1) is 0 Å². The first-order valence-electron chi connectivity index (χ1n) is 6.74. The molecule has 0 unspecified atom stereocenters. The minimum atomic E-state index is -0.565. The number of imide groups is 1. The maximum absolute atomic E-state index is 12.0. The van der Waals surface area contributed by atoms with Gasteiger partial charge in [0.1, 0.15) is 5.54 Å². The average Bonchev–Trinajstić information content (AvgIpc) is 2.98. The van der Waals surface area contributed by atoms with Crippen LogP contribution in [-0.4, -0.2) is 33.9 Å². The van der Waals surface area contributed by atoms with Crippen LogP contribution in [0.2, 0.25) is 0 Å². The van der Waals surface area contributed by atoms with E-state index in [9.17, 15) is 9.59 Å². The van der Waals surface area contributed by atoms with Gasteiger partial charge in [0.2, 0.25) is 0 Å². The molecule has 0 aromatic carbocycles. The summed E-state index contributed by atoms with van der Waals surface area (Å²) in [4.78, 5) is 29.7. The van der Waals surface area contributed by atoms with Crippen LogP contribution in [0.4, 0.5) is 4.79 Å². The van der Waals surface area contributed by atoms with Gasteiger partial charge in [-0.1, -0.05) is 12.8 Å². The number of rotatable bonds is 3. The number of carbonyl (C=O) groups excluding carboxylic acids is 2. The number of aromatic nitrogens is 1.